The van der Waals surface area contributed by atoms with Crippen molar-refractivity contribution in [1.29, 1.82) is 0 Å². The van der Waals surface area contributed by atoms with Crippen LogP contribution in [0.4, 0.5) is 0 Å². The zero-order valence-electron chi connectivity index (χ0n) is 9.93. The summed E-state index contributed by atoms with van der Waals surface area (Å²) < 4.78 is 0. The van der Waals surface area contributed by atoms with Crippen LogP contribution in [0.25, 0.3) is 0 Å². The van der Waals surface area contributed by atoms with Crippen LogP contribution >= 0.6 is 11.3 Å². The number of aliphatic hydroxyl groups is 1. The van der Waals surface area contributed by atoms with E-state index in [1.807, 2.05) is 19.2 Å². The Morgan fingerprint density at radius 2 is 2.47 bits per heavy atom. The summed E-state index contributed by atoms with van der Waals surface area (Å²) in [5.74, 6) is 2.40. The van der Waals surface area contributed by atoms with E-state index < -0.39 is 0 Å². The molecule has 0 aliphatic rings. The standard InChI is InChI=1S/C13H17NO2S/c1-14(7-6-13-5-3-9-17-13)10-12(11-16)4-2-8-15/h3,5,9,11-12,15H,4,6-7,10H2,1H3. The number of carbonyl (C=O) groups excluding carboxylic acids is 1. The van der Waals surface area contributed by atoms with Crippen molar-refractivity contribution in [3.8, 4) is 12.0 Å². The third-order valence-electron chi connectivity index (χ3n) is 2.50. The van der Waals surface area contributed by atoms with E-state index in [0.29, 0.717) is 13.0 Å². The molecule has 0 spiro atoms. The zero-order chi connectivity index (χ0) is 12.5. The predicted octanol–water partition coefficient (Wildman–Crippen LogP) is 1.76. The lowest BCUT2D eigenvalue weighted by Gasteiger charge is -2.18. The van der Waals surface area contributed by atoms with Gasteiger partial charge in [0.2, 0.25) is 0 Å². The van der Waals surface area contributed by atoms with Crippen LogP contribution in [-0.4, -0.2) is 36.4 Å². The molecular formula is C13H17NO2S. The van der Waals surface area contributed by atoms with Crippen LogP contribution in [0.2, 0.25) is 0 Å². The van der Waals surface area contributed by atoms with E-state index in [4.69, 9.17) is 5.11 Å². The van der Waals surface area contributed by atoms with Gasteiger partial charge in [0.25, 0.3) is 0 Å². The van der Waals surface area contributed by atoms with E-state index in [1.54, 1.807) is 11.3 Å². The van der Waals surface area contributed by atoms with E-state index in [1.165, 1.54) is 4.88 Å². The summed E-state index contributed by atoms with van der Waals surface area (Å²) in [5.41, 5.74) is 0. The van der Waals surface area contributed by atoms with Crippen LogP contribution in [0.5, 0.6) is 0 Å². The molecule has 0 saturated carbocycles. The number of aliphatic hydroxyl groups excluding tert-OH is 1. The lowest BCUT2D eigenvalue weighted by molar-refractivity contribution is -0.111. The number of thiophene rings is 1. The Morgan fingerprint density at radius 1 is 1.65 bits per heavy atom. The van der Waals surface area contributed by atoms with Gasteiger partial charge < -0.3 is 14.8 Å². The van der Waals surface area contributed by atoms with Crippen molar-refractivity contribution >= 4 is 17.6 Å². The lowest BCUT2D eigenvalue weighted by atomic mass is 10.1. The highest BCUT2D eigenvalue weighted by Crippen LogP contribution is 2.10. The van der Waals surface area contributed by atoms with Crippen LogP contribution in [0.1, 0.15) is 11.3 Å². The Hall–Kier alpha value is -1.31. The van der Waals surface area contributed by atoms with E-state index in [-0.39, 0.29) is 5.92 Å². The van der Waals surface area contributed by atoms with E-state index in [2.05, 4.69) is 22.3 Å². The molecule has 4 heteroatoms. The molecule has 0 saturated heterocycles. The molecule has 3 nitrogen and oxygen atoms in total. The Kier molecular flexibility index (Phi) is 6.38. The molecule has 0 bridgehead atoms. The van der Waals surface area contributed by atoms with Crippen LogP contribution < -0.4 is 0 Å². The Labute approximate surface area is 106 Å². The fourth-order valence-electron chi connectivity index (χ4n) is 1.58. The molecule has 1 aromatic rings. The fraction of sp³-hybridized carbons (Fsp3) is 0.462. The SMILES string of the molecule is CN(CCc1cccs1)CC(C=O)CC#CO. The number of hydrogen-bond acceptors (Lipinski definition) is 4. The Balaban J connectivity index is 2.28. The van der Waals surface area contributed by atoms with Crippen LogP contribution in [-0.2, 0) is 11.2 Å². The number of hydrogen-bond donors (Lipinski definition) is 1. The lowest BCUT2D eigenvalue weighted by Crippen LogP contribution is -2.28. The number of likely N-dealkylation sites (N-methyl/N-ethyl adjacent to an activating group) is 1. The highest BCUT2D eigenvalue weighted by atomic mass is 32.1. The summed E-state index contributed by atoms with van der Waals surface area (Å²) in [6.07, 6.45) is 4.17. The molecule has 0 aliphatic carbocycles. The fourth-order valence-corrected chi connectivity index (χ4v) is 2.28. The van der Waals surface area contributed by atoms with Gasteiger partial charge in [-0.05, 0) is 24.9 Å². The molecule has 0 fully saturated rings. The highest BCUT2D eigenvalue weighted by Gasteiger charge is 2.09. The third kappa shape index (κ3) is 5.53. The minimum absolute atomic E-state index is 0.122. The smallest absolute Gasteiger partial charge is 0.125 e. The zero-order valence-corrected chi connectivity index (χ0v) is 10.7. The molecule has 1 rings (SSSR count). The van der Waals surface area contributed by atoms with Crippen molar-refractivity contribution in [1.82, 2.24) is 4.90 Å². The van der Waals surface area contributed by atoms with E-state index in [9.17, 15) is 4.79 Å². The number of carbonyl (C=O) groups is 1. The van der Waals surface area contributed by atoms with Gasteiger partial charge in [0.1, 0.15) is 12.4 Å². The Morgan fingerprint density at radius 3 is 3.06 bits per heavy atom. The van der Waals surface area contributed by atoms with Gasteiger partial charge in [0.05, 0.1) is 0 Å². The van der Waals surface area contributed by atoms with Gasteiger partial charge in [0.15, 0.2) is 0 Å². The van der Waals surface area contributed by atoms with Gasteiger partial charge in [-0.3, -0.25) is 0 Å². The number of aldehydes is 1. The van der Waals surface area contributed by atoms with Gasteiger partial charge in [-0.2, -0.15) is 0 Å². The van der Waals surface area contributed by atoms with Crippen molar-refractivity contribution < 1.29 is 9.90 Å². The molecule has 1 N–H and O–H groups in total. The molecule has 0 aromatic carbocycles. The molecular weight excluding hydrogens is 234 g/mol. The molecule has 1 atom stereocenters. The first-order chi connectivity index (χ1) is 8.26. The van der Waals surface area contributed by atoms with Crippen molar-refractivity contribution in [3.05, 3.63) is 22.4 Å². The van der Waals surface area contributed by atoms with Crippen LogP contribution in [0, 0.1) is 17.9 Å². The van der Waals surface area contributed by atoms with Crippen LogP contribution in [0.15, 0.2) is 17.5 Å². The second-order valence-corrected chi connectivity index (χ2v) is 5.01. The average molecular weight is 251 g/mol. The minimum Gasteiger partial charge on any atom is -0.462 e. The topological polar surface area (TPSA) is 40.5 Å². The molecule has 1 unspecified atom stereocenters. The first kappa shape index (κ1) is 13.8. The first-order valence-electron chi connectivity index (χ1n) is 5.54. The van der Waals surface area contributed by atoms with E-state index >= 15 is 0 Å². The van der Waals surface area contributed by atoms with Gasteiger partial charge in [-0.25, -0.2) is 0 Å². The second-order valence-electron chi connectivity index (χ2n) is 3.98. The minimum atomic E-state index is -0.122. The maximum atomic E-state index is 10.8. The molecule has 92 valence electrons. The largest absolute Gasteiger partial charge is 0.462 e. The molecule has 0 radical (unpaired) electrons. The summed E-state index contributed by atoms with van der Waals surface area (Å²) >= 11 is 1.75. The normalized spacial score (nSPS) is 11.9. The van der Waals surface area contributed by atoms with Crippen molar-refractivity contribution in [2.45, 2.75) is 12.8 Å². The van der Waals surface area contributed by atoms with Crippen molar-refractivity contribution in [2.24, 2.45) is 5.92 Å². The van der Waals surface area contributed by atoms with Gasteiger partial charge >= 0.3 is 0 Å². The van der Waals surface area contributed by atoms with Crippen LogP contribution in [0.3, 0.4) is 0 Å². The molecule has 1 heterocycles. The van der Waals surface area contributed by atoms with Gasteiger partial charge in [-0.15, -0.1) is 11.3 Å². The average Bonchev–Trinajstić information content (AvgIpc) is 2.85. The molecule has 0 amide bonds. The summed E-state index contributed by atoms with van der Waals surface area (Å²) in [6, 6.07) is 4.16. The monoisotopic (exact) mass is 251 g/mol. The highest BCUT2D eigenvalue weighted by molar-refractivity contribution is 7.09. The summed E-state index contributed by atoms with van der Waals surface area (Å²) in [7, 11) is 2.00. The summed E-state index contributed by atoms with van der Waals surface area (Å²) in [4.78, 5) is 14.3. The van der Waals surface area contributed by atoms with Crippen molar-refractivity contribution in [3.63, 3.8) is 0 Å². The summed E-state index contributed by atoms with van der Waals surface area (Å²) in [5, 5.41) is 10.5. The maximum Gasteiger partial charge on any atom is 0.125 e. The van der Waals surface area contributed by atoms with E-state index in [0.717, 1.165) is 19.3 Å². The third-order valence-corrected chi connectivity index (χ3v) is 3.44. The van der Waals surface area contributed by atoms with Crippen molar-refractivity contribution in [2.75, 3.05) is 20.1 Å². The second kappa shape index (κ2) is 7.88. The summed E-state index contributed by atoms with van der Waals surface area (Å²) in [6.45, 7) is 1.61. The van der Waals surface area contributed by atoms with Gasteiger partial charge in [-0.1, -0.05) is 12.0 Å². The van der Waals surface area contributed by atoms with Gasteiger partial charge in [0, 0.05) is 30.3 Å². The first-order valence-corrected chi connectivity index (χ1v) is 6.42. The Bertz CT molecular complexity index is 378. The predicted molar refractivity (Wildman–Crippen MR) is 69.4 cm³/mol. The quantitative estimate of drug-likeness (QED) is 0.593. The molecule has 1 aromatic heterocycles. The maximum absolute atomic E-state index is 10.8. The molecule has 0 aliphatic heterocycles. The molecule has 17 heavy (non-hydrogen) atoms. The number of rotatable bonds is 7. The number of nitrogens with zero attached hydrogens (tertiary/aromatic N) is 1.